The molecule has 1 aromatic rings. The summed E-state index contributed by atoms with van der Waals surface area (Å²) in [7, 11) is 4.53. The van der Waals surface area contributed by atoms with Crippen molar-refractivity contribution in [3.05, 3.63) is 23.8 Å². The Hall–Kier alpha value is -2.57. The van der Waals surface area contributed by atoms with E-state index in [1.165, 1.54) is 13.3 Å². The Bertz CT molecular complexity index is 587. The summed E-state index contributed by atoms with van der Waals surface area (Å²) < 4.78 is 15.0. The van der Waals surface area contributed by atoms with Crippen molar-refractivity contribution in [2.45, 2.75) is 38.5 Å². The van der Waals surface area contributed by atoms with Crippen LogP contribution in [0.1, 0.15) is 44.1 Å². The van der Waals surface area contributed by atoms with Gasteiger partial charge in [0.2, 0.25) is 5.91 Å². The molecule has 0 aromatic heterocycles. The lowest BCUT2D eigenvalue weighted by atomic mass is 10.1. The molecule has 0 heterocycles. The molecule has 0 bridgehead atoms. The number of methoxy groups -OCH3 is 3. The summed E-state index contributed by atoms with van der Waals surface area (Å²) in [6.45, 7) is 0. The highest BCUT2D eigenvalue weighted by Crippen LogP contribution is 2.22. The summed E-state index contributed by atoms with van der Waals surface area (Å²) in [5, 5.41) is 3.95. The van der Waals surface area contributed by atoms with Gasteiger partial charge >= 0.3 is 5.97 Å². The van der Waals surface area contributed by atoms with Crippen LogP contribution in [0.5, 0.6) is 11.5 Å². The summed E-state index contributed by atoms with van der Waals surface area (Å²) in [6.07, 6.45) is 5.69. The molecule has 1 aromatic carbocycles. The summed E-state index contributed by atoms with van der Waals surface area (Å²) in [4.78, 5) is 22.7. The zero-order valence-electron chi connectivity index (χ0n) is 15.0. The zero-order chi connectivity index (χ0) is 18.5. The maximum atomic E-state index is 11.7. The number of carbonyl (C=O) groups is 2. The predicted molar refractivity (Wildman–Crippen MR) is 95.0 cm³/mol. The van der Waals surface area contributed by atoms with Crippen molar-refractivity contribution in [3.63, 3.8) is 0 Å². The van der Waals surface area contributed by atoms with Crippen LogP contribution in [0.4, 0.5) is 0 Å². The molecule has 0 unspecified atom stereocenters. The second kappa shape index (κ2) is 11.9. The molecule has 0 spiro atoms. The van der Waals surface area contributed by atoms with Crippen LogP contribution in [0.15, 0.2) is 23.3 Å². The molecule has 0 aliphatic heterocycles. The molecule has 138 valence electrons. The van der Waals surface area contributed by atoms with Crippen molar-refractivity contribution < 1.29 is 23.8 Å². The van der Waals surface area contributed by atoms with Crippen LogP contribution >= 0.6 is 0 Å². The number of hydrazone groups is 1. The Morgan fingerprint density at radius 2 is 1.76 bits per heavy atom. The quantitative estimate of drug-likeness (QED) is 0.287. The fourth-order valence-electron chi connectivity index (χ4n) is 2.17. The third-order valence-corrected chi connectivity index (χ3v) is 3.60. The summed E-state index contributed by atoms with van der Waals surface area (Å²) >= 11 is 0. The van der Waals surface area contributed by atoms with E-state index in [0.29, 0.717) is 24.3 Å². The van der Waals surface area contributed by atoms with E-state index in [1.54, 1.807) is 32.4 Å². The van der Waals surface area contributed by atoms with Crippen molar-refractivity contribution in [1.29, 1.82) is 0 Å². The van der Waals surface area contributed by atoms with E-state index < -0.39 is 0 Å². The first kappa shape index (κ1) is 20.5. The average Bonchev–Trinajstić information content (AvgIpc) is 2.64. The zero-order valence-corrected chi connectivity index (χ0v) is 15.0. The Labute approximate surface area is 148 Å². The minimum absolute atomic E-state index is 0.142. The maximum absolute atomic E-state index is 11.7. The Balaban J connectivity index is 2.27. The van der Waals surface area contributed by atoms with Crippen molar-refractivity contribution in [2.24, 2.45) is 5.10 Å². The number of rotatable bonds is 11. The minimum Gasteiger partial charge on any atom is -0.497 e. The first-order valence-corrected chi connectivity index (χ1v) is 8.21. The number of esters is 1. The summed E-state index contributed by atoms with van der Waals surface area (Å²) in [5.74, 6) is 0.964. The van der Waals surface area contributed by atoms with Gasteiger partial charge in [-0.1, -0.05) is 12.8 Å². The number of nitrogens with one attached hydrogen (secondary N) is 1. The van der Waals surface area contributed by atoms with Gasteiger partial charge in [-0.3, -0.25) is 9.59 Å². The SMILES string of the molecule is COC(=O)CCCCCCC(=O)N/N=C/c1ccc(OC)cc1OC. The molecule has 7 heteroatoms. The topological polar surface area (TPSA) is 86.2 Å². The maximum Gasteiger partial charge on any atom is 0.305 e. The van der Waals surface area contributed by atoms with Crippen molar-refractivity contribution >= 4 is 18.1 Å². The van der Waals surface area contributed by atoms with Gasteiger partial charge in [-0.2, -0.15) is 5.10 Å². The van der Waals surface area contributed by atoms with Gasteiger partial charge < -0.3 is 14.2 Å². The third-order valence-electron chi connectivity index (χ3n) is 3.60. The fourth-order valence-corrected chi connectivity index (χ4v) is 2.17. The molecule has 0 radical (unpaired) electrons. The number of unbranched alkanes of at least 4 members (excludes halogenated alkanes) is 3. The highest BCUT2D eigenvalue weighted by molar-refractivity contribution is 5.85. The molecule has 0 atom stereocenters. The molecule has 0 aliphatic carbocycles. The predicted octanol–water partition coefficient (Wildman–Crippen LogP) is 2.67. The van der Waals surface area contributed by atoms with Gasteiger partial charge in [0.15, 0.2) is 0 Å². The molecule has 0 fully saturated rings. The molecule has 25 heavy (non-hydrogen) atoms. The number of nitrogens with zero attached hydrogens (tertiary/aromatic N) is 1. The van der Waals surface area contributed by atoms with E-state index in [2.05, 4.69) is 15.3 Å². The first-order chi connectivity index (χ1) is 12.1. The van der Waals surface area contributed by atoms with Gasteiger partial charge in [0.05, 0.1) is 27.5 Å². The van der Waals surface area contributed by atoms with E-state index >= 15 is 0 Å². The second-order valence-corrected chi connectivity index (χ2v) is 5.39. The Kier molecular flexibility index (Phi) is 9.74. The van der Waals surface area contributed by atoms with Gasteiger partial charge in [-0.15, -0.1) is 0 Å². The van der Waals surface area contributed by atoms with Gasteiger partial charge in [-0.25, -0.2) is 5.43 Å². The molecule has 0 saturated carbocycles. The van der Waals surface area contributed by atoms with Crippen LogP contribution in [-0.2, 0) is 14.3 Å². The van der Waals surface area contributed by atoms with Crippen molar-refractivity contribution in [3.8, 4) is 11.5 Å². The van der Waals surface area contributed by atoms with Gasteiger partial charge in [0.25, 0.3) is 0 Å². The van der Waals surface area contributed by atoms with Gasteiger partial charge in [0, 0.05) is 24.5 Å². The molecular formula is C18H26N2O5. The van der Waals surface area contributed by atoms with E-state index in [0.717, 1.165) is 31.2 Å². The molecule has 1 rings (SSSR count). The molecule has 0 saturated heterocycles. The van der Waals surface area contributed by atoms with E-state index in [4.69, 9.17) is 9.47 Å². The van der Waals surface area contributed by atoms with Crippen LogP contribution in [-0.4, -0.2) is 39.4 Å². The van der Waals surface area contributed by atoms with E-state index in [-0.39, 0.29) is 11.9 Å². The van der Waals surface area contributed by atoms with Gasteiger partial charge in [0.1, 0.15) is 11.5 Å². The molecule has 1 N–H and O–H groups in total. The van der Waals surface area contributed by atoms with Crippen LogP contribution in [0.2, 0.25) is 0 Å². The van der Waals surface area contributed by atoms with Crippen molar-refractivity contribution in [2.75, 3.05) is 21.3 Å². The average molecular weight is 350 g/mol. The molecule has 0 aliphatic rings. The highest BCUT2D eigenvalue weighted by Gasteiger charge is 2.04. The lowest BCUT2D eigenvalue weighted by Gasteiger charge is -2.07. The summed E-state index contributed by atoms with van der Waals surface area (Å²) in [5.41, 5.74) is 3.24. The van der Waals surface area contributed by atoms with E-state index in [1.807, 2.05) is 0 Å². The normalized spacial score (nSPS) is 10.5. The third kappa shape index (κ3) is 8.19. The number of benzene rings is 1. The van der Waals surface area contributed by atoms with Crippen LogP contribution in [0, 0.1) is 0 Å². The number of hydrogen-bond donors (Lipinski definition) is 1. The van der Waals surface area contributed by atoms with Gasteiger partial charge in [-0.05, 0) is 25.0 Å². The molecular weight excluding hydrogens is 324 g/mol. The molecule has 1 amide bonds. The summed E-state index contributed by atoms with van der Waals surface area (Å²) in [6, 6.07) is 5.34. The Morgan fingerprint density at radius 3 is 2.40 bits per heavy atom. The lowest BCUT2D eigenvalue weighted by molar-refractivity contribution is -0.140. The van der Waals surface area contributed by atoms with Crippen molar-refractivity contribution in [1.82, 2.24) is 5.43 Å². The number of amides is 1. The number of ether oxygens (including phenoxy) is 3. The van der Waals surface area contributed by atoms with Crippen LogP contribution in [0.3, 0.4) is 0 Å². The minimum atomic E-state index is -0.193. The highest BCUT2D eigenvalue weighted by atomic mass is 16.5. The lowest BCUT2D eigenvalue weighted by Crippen LogP contribution is -2.17. The smallest absolute Gasteiger partial charge is 0.305 e. The second-order valence-electron chi connectivity index (χ2n) is 5.39. The van der Waals surface area contributed by atoms with E-state index in [9.17, 15) is 9.59 Å². The largest absolute Gasteiger partial charge is 0.497 e. The number of carbonyl (C=O) groups excluding carboxylic acids is 2. The number of hydrogen-bond acceptors (Lipinski definition) is 6. The fraction of sp³-hybridized carbons (Fsp3) is 0.500. The van der Waals surface area contributed by atoms with Crippen LogP contribution in [0.25, 0.3) is 0 Å². The standard InChI is InChI=1S/C18H26N2O5/c1-23-15-11-10-14(16(12-15)24-2)13-19-20-17(21)8-6-4-5-7-9-18(22)25-3/h10-13H,4-9H2,1-3H3,(H,20,21)/b19-13+. The Morgan fingerprint density at radius 1 is 1.04 bits per heavy atom. The monoisotopic (exact) mass is 350 g/mol. The van der Waals surface area contributed by atoms with Crippen LogP contribution < -0.4 is 14.9 Å². The first-order valence-electron chi connectivity index (χ1n) is 8.21. The molecule has 7 nitrogen and oxygen atoms in total.